The molecule has 10 atom stereocenters. The summed E-state index contributed by atoms with van der Waals surface area (Å²) in [6.45, 7) is 9.10. The van der Waals surface area contributed by atoms with Crippen LogP contribution in [0, 0.1) is 29.6 Å². The minimum absolute atomic E-state index is 0.0293. The predicted molar refractivity (Wildman–Crippen MR) is 384 cm³/mol. The molecular formula is C81H153N3O6. The van der Waals surface area contributed by atoms with Gasteiger partial charge in [-0.15, -0.1) is 0 Å². The van der Waals surface area contributed by atoms with Crippen LogP contribution in [0.4, 0.5) is 0 Å². The van der Waals surface area contributed by atoms with Crippen LogP contribution in [0.2, 0.25) is 0 Å². The van der Waals surface area contributed by atoms with Gasteiger partial charge in [-0.2, -0.15) is 0 Å². The Bertz CT molecular complexity index is 1570. The molecule has 0 saturated heterocycles. The molecule has 528 valence electrons. The fourth-order valence-corrected chi connectivity index (χ4v) is 16.5. The number of unbranched alkanes of at least 4 members (excludes halogenated alkanes) is 32. The lowest BCUT2D eigenvalue weighted by atomic mass is 9.63. The van der Waals surface area contributed by atoms with E-state index in [4.69, 9.17) is 0 Å². The number of aliphatic hydroxyl groups is 2. The van der Waals surface area contributed by atoms with Gasteiger partial charge in [-0.25, -0.2) is 0 Å². The van der Waals surface area contributed by atoms with Gasteiger partial charge in [-0.3, -0.25) is 19.2 Å². The van der Waals surface area contributed by atoms with E-state index in [-0.39, 0.29) is 54.0 Å². The molecule has 0 aromatic carbocycles. The van der Waals surface area contributed by atoms with Crippen LogP contribution in [0.25, 0.3) is 0 Å². The van der Waals surface area contributed by atoms with E-state index in [1.165, 1.54) is 218 Å². The Hall–Kier alpha value is -2.00. The summed E-state index contributed by atoms with van der Waals surface area (Å²) in [7, 11) is 0. The van der Waals surface area contributed by atoms with Crippen molar-refractivity contribution in [2.75, 3.05) is 0 Å². The minimum Gasteiger partial charge on any atom is -0.393 e. The van der Waals surface area contributed by atoms with Gasteiger partial charge in [0, 0.05) is 50.2 Å². The Morgan fingerprint density at radius 3 is 0.922 bits per heavy atom. The third kappa shape index (κ3) is 43.1. The topological polar surface area (TPSA) is 145 Å². The lowest BCUT2D eigenvalue weighted by molar-refractivity contribution is -0.125. The monoisotopic (exact) mass is 1260 g/mol. The van der Waals surface area contributed by atoms with Crippen LogP contribution >= 0.6 is 0 Å². The Morgan fingerprint density at radius 2 is 0.556 bits per heavy atom. The second-order valence-electron chi connectivity index (χ2n) is 30.5. The van der Waals surface area contributed by atoms with E-state index in [9.17, 15) is 29.4 Å². The molecule has 0 bridgehead atoms. The van der Waals surface area contributed by atoms with Crippen molar-refractivity contribution in [1.82, 2.24) is 16.0 Å². The first-order chi connectivity index (χ1) is 44.1. The number of aliphatic hydroxyl groups excluding tert-OH is 2. The molecule has 3 aliphatic rings. The molecule has 5 N–H and O–H groups in total. The second-order valence-corrected chi connectivity index (χ2v) is 30.5. The molecule has 0 aliphatic heterocycles. The highest BCUT2D eigenvalue weighted by Gasteiger charge is 2.36. The van der Waals surface area contributed by atoms with Crippen LogP contribution in [-0.2, 0) is 19.2 Å². The van der Waals surface area contributed by atoms with Gasteiger partial charge in [0.1, 0.15) is 5.78 Å². The molecule has 7 unspecified atom stereocenters. The maximum atomic E-state index is 13.8. The minimum atomic E-state index is -0.116. The van der Waals surface area contributed by atoms with Crippen molar-refractivity contribution in [2.24, 2.45) is 29.6 Å². The summed E-state index contributed by atoms with van der Waals surface area (Å²) in [6.07, 6.45) is 71.9. The van der Waals surface area contributed by atoms with Crippen molar-refractivity contribution in [3.05, 3.63) is 0 Å². The Labute approximate surface area is 558 Å². The van der Waals surface area contributed by atoms with Crippen molar-refractivity contribution < 1.29 is 29.4 Å². The number of ketones is 1. The molecule has 9 nitrogen and oxygen atoms in total. The maximum Gasteiger partial charge on any atom is 0.220 e. The van der Waals surface area contributed by atoms with Gasteiger partial charge >= 0.3 is 0 Å². The molecule has 0 heterocycles. The molecule has 3 saturated carbocycles. The van der Waals surface area contributed by atoms with Gasteiger partial charge in [0.25, 0.3) is 0 Å². The molecule has 3 aliphatic carbocycles. The Morgan fingerprint density at radius 1 is 0.300 bits per heavy atom. The standard InChI is InChI=1S/C81H153N3O6/c1-5-9-13-17-27-33-49-68-65-70(51-41-44-58-75(87)67-72-53-42-45-59-76(72)82-79(88)62-39-31-25-21-19-23-29-37-56-73(85)54-35-15-11-7-3)71(66-69(68)50-34-28-18-14-10-6-2)52-43-48-64-81(90)84-78-61-47-46-60-77(78)83-80(89)63-40-32-26-22-20-24-30-38-57-74(86)55-36-16-12-8-4/h68-74,76-78,85-86H,5-67H2,1-4H3,(H,82,88)(H,83,89)(H,84,90)/t68?,69?,70?,71?,72-,73?,74?,76-,77+,78?/m0/s1. The van der Waals surface area contributed by atoms with Gasteiger partial charge in [0.05, 0.1) is 12.2 Å². The van der Waals surface area contributed by atoms with Crippen molar-refractivity contribution >= 4 is 23.5 Å². The zero-order valence-electron chi connectivity index (χ0n) is 60.3. The lowest BCUT2D eigenvalue weighted by Gasteiger charge is -2.42. The molecule has 90 heavy (non-hydrogen) atoms. The number of carbonyl (C=O) groups excluding carboxylic acids is 4. The van der Waals surface area contributed by atoms with Crippen LogP contribution in [0.15, 0.2) is 0 Å². The quantitative estimate of drug-likeness (QED) is 0.0384. The van der Waals surface area contributed by atoms with Crippen LogP contribution in [0.3, 0.4) is 0 Å². The predicted octanol–water partition coefficient (Wildman–Crippen LogP) is 22.5. The number of hydrogen-bond acceptors (Lipinski definition) is 6. The Kier molecular flexibility index (Phi) is 52.3. The SMILES string of the molecule is CCCCCCCCC1CC(CCCCC(=O)C[C@@H]2CCCC[C@@H]2NC(=O)CCCCCCCCCCC(O)CCCCCC)C(CCCCC(=O)NC2CCCC[C@H]2NC(=O)CCCCCCCCCCC(O)CCCCCC)CC1CCCCCCCC. The molecular weight excluding hydrogens is 1110 g/mol. The third-order valence-electron chi connectivity index (χ3n) is 22.3. The average Bonchev–Trinajstić information content (AvgIpc) is 2.38. The smallest absolute Gasteiger partial charge is 0.220 e. The first-order valence-electron chi connectivity index (χ1n) is 40.8. The van der Waals surface area contributed by atoms with Crippen molar-refractivity contribution in [3.63, 3.8) is 0 Å². The molecule has 0 aromatic heterocycles. The van der Waals surface area contributed by atoms with Crippen LogP contribution in [-0.4, -0.2) is 64.1 Å². The van der Waals surface area contributed by atoms with Gasteiger partial charge < -0.3 is 26.2 Å². The maximum absolute atomic E-state index is 13.8. The van der Waals surface area contributed by atoms with E-state index in [1.807, 2.05) is 0 Å². The highest BCUT2D eigenvalue weighted by Crippen LogP contribution is 2.47. The van der Waals surface area contributed by atoms with E-state index in [2.05, 4.69) is 43.6 Å². The van der Waals surface area contributed by atoms with E-state index < -0.39 is 0 Å². The highest BCUT2D eigenvalue weighted by atomic mass is 16.3. The van der Waals surface area contributed by atoms with E-state index in [1.54, 1.807) is 0 Å². The number of Topliss-reactive ketones (excluding diaryl/α,β-unsaturated/α-hetero) is 1. The lowest BCUT2D eigenvalue weighted by Crippen LogP contribution is -2.53. The largest absolute Gasteiger partial charge is 0.393 e. The summed E-state index contributed by atoms with van der Waals surface area (Å²) in [5, 5.41) is 30.7. The summed E-state index contributed by atoms with van der Waals surface area (Å²) in [4.78, 5) is 53.8. The zero-order valence-corrected chi connectivity index (χ0v) is 60.3. The van der Waals surface area contributed by atoms with Crippen molar-refractivity contribution in [2.45, 2.75) is 463 Å². The molecule has 0 spiro atoms. The molecule has 3 rings (SSSR count). The molecule has 3 fully saturated rings. The van der Waals surface area contributed by atoms with Gasteiger partial charge in [-0.1, -0.05) is 310 Å². The number of amides is 3. The van der Waals surface area contributed by atoms with Crippen LogP contribution in [0.5, 0.6) is 0 Å². The Balaban J connectivity index is 1.44. The van der Waals surface area contributed by atoms with E-state index in [0.29, 0.717) is 49.7 Å². The molecule has 0 aromatic rings. The van der Waals surface area contributed by atoms with E-state index >= 15 is 0 Å². The summed E-state index contributed by atoms with van der Waals surface area (Å²) >= 11 is 0. The number of nitrogens with one attached hydrogen (secondary N) is 3. The third-order valence-corrected chi connectivity index (χ3v) is 22.3. The fraction of sp³-hybridized carbons (Fsp3) is 0.951. The zero-order chi connectivity index (χ0) is 64.8. The molecule has 0 radical (unpaired) electrons. The first-order valence-corrected chi connectivity index (χ1v) is 40.8. The van der Waals surface area contributed by atoms with Crippen molar-refractivity contribution in [1.29, 1.82) is 0 Å². The van der Waals surface area contributed by atoms with Gasteiger partial charge in [-0.05, 0) is 119 Å². The van der Waals surface area contributed by atoms with Crippen LogP contribution < -0.4 is 16.0 Å². The summed E-state index contributed by atoms with van der Waals surface area (Å²) in [5.41, 5.74) is 0. The van der Waals surface area contributed by atoms with Crippen LogP contribution in [0.1, 0.15) is 432 Å². The fourth-order valence-electron chi connectivity index (χ4n) is 16.5. The summed E-state index contributed by atoms with van der Waals surface area (Å²) in [6, 6.07) is 0.204. The highest BCUT2D eigenvalue weighted by molar-refractivity contribution is 5.79. The average molecular weight is 1270 g/mol. The molecule has 9 heteroatoms. The summed E-state index contributed by atoms with van der Waals surface area (Å²) in [5.74, 6) is 4.21. The van der Waals surface area contributed by atoms with Gasteiger partial charge in [0.2, 0.25) is 17.7 Å². The first kappa shape index (κ1) is 82.2. The number of carbonyl (C=O) groups is 4. The van der Waals surface area contributed by atoms with E-state index in [0.717, 1.165) is 166 Å². The number of rotatable bonds is 61. The molecule has 3 amide bonds. The normalized spacial score (nSPS) is 21.9. The number of hydrogen-bond donors (Lipinski definition) is 5. The summed E-state index contributed by atoms with van der Waals surface area (Å²) < 4.78 is 0. The van der Waals surface area contributed by atoms with Gasteiger partial charge in [0.15, 0.2) is 0 Å². The van der Waals surface area contributed by atoms with Crippen molar-refractivity contribution in [3.8, 4) is 0 Å². The second kappa shape index (κ2) is 57.3.